The van der Waals surface area contributed by atoms with E-state index >= 15 is 0 Å². The second-order valence-corrected chi connectivity index (χ2v) is 7.74. The molecule has 0 aliphatic carbocycles. The van der Waals surface area contributed by atoms with Gasteiger partial charge in [0.05, 0.1) is 12.2 Å². The predicted octanol–water partition coefficient (Wildman–Crippen LogP) is -0.185. The van der Waals surface area contributed by atoms with E-state index in [4.69, 9.17) is 5.73 Å². The molecular weight excluding hydrogens is 377 g/mol. The number of hydrogen-bond donors (Lipinski definition) is 5. The SMILES string of the molecule is NC(=O)c1cc(S(=O)(=O)NCC(=O)Nc2ccc3c(c2F)CCNC3)c[nH]1. The number of nitrogens with one attached hydrogen (secondary N) is 4. The van der Waals surface area contributed by atoms with E-state index < -0.39 is 34.2 Å². The maximum Gasteiger partial charge on any atom is 0.265 e. The lowest BCUT2D eigenvalue weighted by Crippen LogP contribution is -2.33. The van der Waals surface area contributed by atoms with Crippen molar-refractivity contribution in [2.24, 2.45) is 5.73 Å². The molecule has 2 aromatic rings. The number of benzene rings is 1. The number of hydrogen-bond acceptors (Lipinski definition) is 5. The summed E-state index contributed by atoms with van der Waals surface area (Å²) in [6.07, 6.45) is 1.59. The maximum atomic E-state index is 14.5. The fraction of sp³-hybridized carbons (Fsp3) is 0.250. The molecule has 0 fully saturated rings. The molecular formula is C16H18FN5O4S. The topological polar surface area (TPSA) is 146 Å². The van der Waals surface area contributed by atoms with E-state index in [0.717, 1.165) is 17.8 Å². The van der Waals surface area contributed by atoms with Crippen LogP contribution in [0.3, 0.4) is 0 Å². The van der Waals surface area contributed by atoms with Crippen LogP contribution < -0.4 is 21.1 Å². The highest BCUT2D eigenvalue weighted by Gasteiger charge is 2.20. The van der Waals surface area contributed by atoms with Gasteiger partial charge in [-0.05, 0) is 36.2 Å². The second-order valence-electron chi connectivity index (χ2n) is 5.98. The van der Waals surface area contributed by atoms with E-state index in [2.05, 4.69) is 20.3 Å². The van der Waals surface area contributed by atoms with Crippen LogP contribution in [0.5, 0.6) is 0 Å². The van der Waals surface area contributed by atoms with Crippen LogP contribution >= 0.6 is 0 Å². The van der Waals surface area contributed by atoms with Crippen LogP contribution in [-0.2, 0) is 27.8 Å². The van der Waals surface area contributed by atoms with Gasteiger partial charge < -0.3 is 21.4 Å². The summed E-state index contributed by atoms with van der Waals surface area (Å²) in [5, 5.41) is 5.49. The average Bonchev–Trinajstić information content (AvgIpc) is 3.14. The number of anilines is 1. The summed E-state index contributed by atoms with van der Waals surface area (Å²) in [5.74, 6) is -2.05. The van der Waals surface area contributed by atoms with Gasteiger partial charge in [0.2, 0.25) is 15.9 Å². The molecule has 0 bridgehead atoms. The molecule has 1 aliphatic heterocycles. The Bertz CT molecular complexity index is 1000. The number of rotatable bonds is 6. The van der Waals surface area contributed by atoms with Gasteiger partial charge >= 0.3 is 0 Å². The van der Waals surface area contributed by atoms with Gasteiger partial charge in [-0.25, -0.2) is 17.5 Å². The third-order valence-corrected chi connectivity index (χ3v) is 5.52. The van der Waals surface area contributed by atoms with E-state index in [1.54, 1.807) is 6.07 Å². The van der Waals surface area contributed by atoms with Crippen molar-refractivity contribution in [2.45, 2.75) is 17.9 Å². The fourth-order valence-corrected chi connectivity index (χ4v) is 3.72. The van der Waals surface area contributed by atoms with Crippen LogP contribution in [0.15, 0.2) is 29.3 Å². The molecule has 27 heavy (non-hydrogen) atoms. The molecule has 9 nitrogen and oxygen atoms in total. The minimum Gasteiger partial charge on any atom is -0.364 e. The number of H-pyrrole nitrogens is 1. The molecule has 1 aromatic carbocycles. The highest BCUT2D eigenvalue weighted by atomic mass is 32.2. The zero-order valence-corrected chi connectivity index (χ0v) is 15.0. The van der Waals surface area contributed by atoms with Crippen molar-refractivity contribution in [1.82, 2.24) is 15.0 Å². The van der Waals surface area contributed by atoms with Crippen LogP contribution in [0, 0.1) is 5.82 Å². The van der Waals surface area contributed by atoms with Gasteiger partial charge in [-0.1, -0.05) is 6.07 Å². The quantitative estimate of drug-likeness (QED) is 0.460. The summed E-state index contributed by atoms with van der Waals surface area (Å²) in [4.78, 5) is 25.2. The first-order valence-electron chi connectivity index (χ1n) is 8.06. The fourth-order valence-electron chi connectivity index (χ4n) is 2.74. The highest BCUT2D eigenvalue weighted by Crippen LogP contribution is 2.24. The molecule has 1 aromatic heterocycles. The molecule has 1 aliphatic rings. The number of fused-ring (bicyclic) bond motifs is 1. The second kappa shape index (κ2) is 7.47. The molecule has 3 rings (SSSR count). The van der Waals surface area contributed by atoms with Crippen LogP contribution in [0.4, 0.5) is 10.1 Å². The van der Waals surface area contributed by atoms with Crippen LogP contribution in [-0.4, -0.2) is 38.3 Å². The van der Waals surface area contributed by atoms with Crippen molar-refractivity contribution in [3.63, 3.8) is 0 Å². The molecule has 2 amide bonds. The first-order chi connectivity index (χ1) is 12.8. The van der Waals surface area contributed by atoms with Gasteiger partial charge in [0.25, 0.3) is 5.91 Å². The van der Waals surface area contributed by atoms with E-state index in [-0.39, 0.29) is 16.3 Å². The zero-order chi connectivity index (χ0) is 19.6. The first kappa shape index (κ1) is 19.0. The van der Waals surface area contributed by atoms with Gasteiger partial charge in [0, 0.05) is 12.7 Å². The lowest BCUT2D eigenvalue weighted by molar-refractivity contribution is -0.115. The Balaban J connectivity index is 1.65. The lowest BCUT2D eigenvalue weighted by atomic mass is 9.99. The Labute approximate surface area is 154 Å². The number of aromatic amines is 1. The summed E-state index contributed by atoms with van der Waals surface area (Å²) >= 11 is 0. The lowest BCUT2D eigenvalue weighted by Gasteiger charge is -2.19. The van der Waals surface area contributed by atoms with Crippen molar-refractivity contribution >= 4 is 27.5 Å². The van der Waals surface area contributed by atoms with Crippen LogP contribution in [0.2, 0.25) is 0 Å². The van der Waals surface area contributed by atoms with E-state index in [0.29, 0.717) is 25.1 Å². The number of carbonyl (C=O) groups is 2. The van der Waals surface area contributed by atoms with E-state index in [9.17, 15) is 22.4 Å². The summed E-state index contributed by atoms with van der Waals surface area (Å²) in [6.45, 7) is 0.604. The summed E-state index contributed by atoms with van der Waals surface area (Å²) in [5.41, 5.74) is 6.34. The molecule has 11 heteroatoms. The van der Waals surface area contributed by atoms with Gasteiger partial charge in [-0.2, -0.15) is 0 Å². The Hall–Kier alpha value is -2.76. The van der Waals surface area contributed by atoms with E-state index in [1.165, 1.54) is 6.07 Å². The summed E-state index contributed by atoms with van der Waals surface area (Å²) in [6, 6.07) is 4.22. The standard InChI is InChI=1S/C16H18FN5O4S/c17-15-11-3-4-19-6-9(11)1-2-12(15)22-14(23)8-21-27(25,26)10-5-13(16(18)24)20-7-10/h1-2,5,7,19-21H,3-4,6,8H2,(H2,18,24)(H,22,23). The van der Waals surface area contributed by atoms with Crippen molar-refractivity contribution in [2.75, 3.05) is 18.4 Å². The number of carbonyl (C=O) groups excluding carboxylic acids is 2. The molecule has 0 unspecified atom stereocenters. The number of sulfonamides is 1. The van der Waals surface area contributed by atoms with Crippen molar-refractivity contribution < 1.29 is 22.4 Å². The molecule has 0 spiro atoms. The van der Waals surface area contributed by atoms with Crippen molar-refractivity contribution in [3.05, 3.63) is 47.0 Å². The number of nitrogens with two attached hydrogens (primary N) is 1. The maximum absolute atomic E-state index is 14.5. The van der Waals surface area contributed by atoms with Crippen molar-refractivity contribution in [1.29, 1.82) is 0 Å². The molecule has 0 radical (unpaired) electrons. The third-order valence-electron chi connectivity index (χ3n) is 4.14. The van der Waals surface area contributed by atoms with E-state index in [1.807, 2.05) is 0 Å². The molecule has 0 saturated heterocycles. The molecule has 6 N–H and O–H groups in total. The van der Waals surface area contributed by atoms with Gasteiger partial charge in [0.1, 0.15) is 16.4 Å². The number of amides is 2. The largest absolute Gasteiger partial charge is 0.364 e. The smallest absolute Gasteiger partial charge is 0.265 e. The summed E-state index contributed by atoms with van der Waals surface area (Å²) < 4.78 is 40.9. The monoisotopic (exact) mass is 395 g/mol. The summed E-state index contributed by atoms with van der Waals surface area (Å²) in [7, 11) is -4.04. The number of halogens is 1. The van der Waals surface area contributed by atoms with Gasteiger partial charge in [-0.15, -0.1) is 0 Å². The Morgan fingerprint density at radius 3 is 2.78 bits per heavy atom. The minimum absolute atomic E-state index is 0.00231. The van der Waals surface area contributed by atoms with Gasteiger partial charge in [-0.3, -0.25) is 9.59 Å². The van der Waals surface area contributed by atoms with Crippen LogP contribution in [0.1, 0.15) is 21.6 Å². The first-order valence-corrected chi connectivity index (χ1v) is 9.55. The highest BCUT2D eigenvalue weighted by molar-refractivity contribution is 7.89. The Morgan fingerprint density at radius 2 is 2.07 bits per heavy atom. The van der Waals surface area contributed by atoms with Gasteiger partial charge in [0.15, 0.2) is 0 Å². The average molecular weight is 395 g/mol. The molecule has 0 atom stereocenters. The molecule has 0 saturated carbocycles. The van der Waals surface area contributed by atoms with Crippen molar-refractivity contribution in [3.8, 4) is 0 Å². The molecule has 144 valence electrons. The minimum atomic E-state index is -4.04. The Morgan fingerprint density at radius 1 is 1.30 bits per heavy atom. The number of aromatic nitrogens is 1. The number of primary amides is 1. The predicted molar refractivity (Wildman–Crippen MR) is 94.9 cm³/mol. The van der Waals surface area contributed by atoms with Crippen LogP contribution in [0.25, 0.3) is 0 Å². The normalized spacial score (nSPS) is 13.8. The third kappa shape index (κ3) is 4.15. The molecule has 2 heterocycles. The Kier molecular flexibility index (Phi) is 5.26. The zero-order valence-electron chi connectivity index (χ0n) is 14.1.